The molecule has 1 atom stereocenters. The van der Waals surface area contributed by atoms with E-state index in [9.17, 15) is 14.4 Å². The number of aromatic nitrogens is 1. The fourth-order valence-electron chi connectivity index (χ4n) is 4.10. The third-order valence-electron chi connectivity index (χ3n) is 5.50. The molecule has 0 spiro atoms. The maximum atomic E-state index is 13.2. The lowest BCUT2D eigenvalue weighted by atomic mass is 9.98. The maximum absolute atomic E-state index is 13.2. The number of thiophene rings is 1. The lowest BCUT2D eigenvalue weighted by Gasteiger charge is -2.31. The summed E-state index contributed by atoms with van der Waals surface area (Å²) in [5, 5.41) is 1.56. The molecule has 1 aliphatic rings. The van der Waals surface area contributed by atoms with Crippen LogP contribution in [0.1, 0.15) is 36.4 Å². The number of benzene rings is 1. The van der Waals surface area contributed by atoms with Gasteiger partial charge >= 0.3 is 5.97 Å². The van der Waals surface area contributed by atoms with E-state index in [0.717, 1.165) is 28.4 Å². The zero-order valence-electron chi connectivity index (χ0n) is 16.6. The molecular formula is C22H24N2O4S. The SMILES string of the molecule is CCOC(=O)[C@@H]1CCCN(C(=O)c2cc3c(=O)n(CC)c4ccccc4c3s2)C1. The van der Waals surface area contributed by atoms with Gasteiger partial charge in [0.2, 0.25) is 0 Å². The molecule has 4 rings (SSSR count). The Morgan fingerprint density at radius 1 is 1.21 bits per heavy atom. The van der Waals surface area contributed by atoms with Crippen molar-refractivity contribution < 1.29 is 14.3 Å². The average molecular weight is 413 g/mol. The van der Waals surface area contributed by atoms with Gasteiger partial charge in [0.25, 0.3) is 11.5 Å². The molecule has 1 amide bonds. The number of rotatable bonds is 4. The Morgan fingerprint density at radius 3 is 2.76 bits per heavy atom. The van der Waals surface area contributed by atoms with Crippen LogP contribution in [0.25, 0.3) is 21.0 Å². The minimum absolute atomic E-state index is 0.0699. The predicted molar refractivity (Wildman–Crippen MR) is 115 cm³/mol. The summed E-state index contributed by atoms with van der Waals surface area (Å²) in [6.45, 7) is 5.63. The number of carbonyl (C=O) groups is 2. The molecule has 0 N–H and O–H groups in total. The highest BCUT2D eigenvalue weighted by molar-refractivity contribution is 7.21. The van der Waals surface area contributed by atoms with Crippen LogP contribution in [-0.4, -0.2) is 41.0 Å². The van der Waals surface area contributed by atoms with Gasteiger partial charge in [-0.1, -0.05) is 18.2 Å². The fraction of sp³-hybridized carbons (Fsp3) is 0.409. The third-order valence-corrected chi connectivity index (χ3v) is 6.66. The Hall–Kier alpha value is -2.67. The number of fused-ring (bicyclic) bond motifs is 3. The first kappa shape index (κ1) is 19.6. The second kappa shape index (κ2) is 7.99. The van der Waals surface area contributed by atoms with Crippen LogP contribution in [0.5, 0.6) is 0 Å². The van der Waals surface area contributed by atoms with E-state index in [2.05, 4.69) is 0 Å². The smallest absolute Gasteiger partial charge is 0.310 e. The Kier molecular flexibility index (Phi) is 5.41. The Balaban J connectivity index is 1.72. The Labute approximate surface area is 172 Å². The van der Waals surface area contributed by atoms with Gasteiger partial charge in [0, 0.05) is 29.7 Å². The van der Waals surface area contributed by atoms with Gasteiger partial charge in [-0.25, -0.2) is 0 Å². The molecule has 2 aromatic heterocycles. The van der Waals surface area contributed by atoms with E-state index in [4.69, 9.17) is 4.74 Å². The van der Waals surface area contributed by atoms with E-state index in [-0.39, 0.29) is 23.4 Å². The van der Waals surface area contributed by atoms with E-state index in [1.807, 2.05) is 31.2 Å². The number of pyridine rings is 1. The number of amides is 1. The van der Waals surface area contributed by atoms with Crippen molar-refractivity contribution in [3.63, 3.8) is 0 Å². The quantitative estimate of drug-likeness (QED) is 0.614. The number of piperidine rings is 1. The van der Waals surface area contributed by atoms with E-state index >= 15 is 0 Å². The number of likely N-dealkylation sites (tertiary alicyclic amines) is 1. The van der Waals surface area contributed by atoms with Gasteiger partial charge in [-0.15, -0.1) is 11.3 Å². The van der Waals surface area contributed by atoms with Crippen molar-refractivity contribution in [1.29, 1.82) is 0 Å². The first-order chi connectivity index (χ1) is 14.0. The first-order valence-corrected chi connectivity index (χ1v) is 10.9. The zero-order chi connectivity index (χ0) is 20.5. The number of nitrogens with zero attached hydrogens (tertiary/aromatic N) is 2. The summed E-state index contributed by atoms with van der Waals surface area (Å²) < 4.78 is 7.73. The summed E-state index contributed by atoms with van der Waals surface area (Å²) in [6.07, 6.45) is 1.51. The predicted octanol–water partition coefficient (Wildman–Crippen LogP) is 3.65. The van der Waals surface area contributed by atoms with Crippen LogP contribution in [0.4, 0.5) is 0 Å². The van der Waals surface area contributed by atoms with Crippen LogP contribution >= 0.6 is 11.3 Å². The number of para-hydroxylation sites is 1. The molecule has 0 saturated carbocycles. The fourth-order valence-corrected chi connectivity index (χ4v) is 5.25. The van der Waals surface area contributed by atoms with Gasteiger partial charge < -0.3 is 14.2 Å². The molecular weight excluding hydrogens is 388 g/mol. The van der Waals surface area contributed by atoms with Gasteiger partial charge in [-0.3, -0.25) is 14.4 Å². The lowest BCUT2D eigenvalue weighted by molar-refractivity contribution is -0.149. The van der Waals surface area contributed by atoms with Crippen LogP contribution in [-0.2, 0) is 16.1 Å². The highest BCUT2D eigenvalue weighted by Gasteiger charge is 2.30. The number of aryl methyl sites for hydroxylation is 1. The van der Waals surface area contributed by atoms with Crippen LogP contribution in [0, 0.1) is 5.92 Å². The number of esters is 1. The van der Waals surface area contributed by atoms with Crippen LogP contribution in [0.2, 0.25) is 0 Å². The van der Waals surface area contributed by atoms with Crippen LogP contribution in [0.3, 0.4) is 0 Å². The molecule has 0 unspecified atom stereocenters. The summed E-state index contributed by atoms with van der Waals surface area (Å²) in [5.74, 6) is -0.634. The summed E-state index contributed by atoms with van der Waals surface area (Å²) in [4.78, 5) is 40.5. The molecule has 152 valence electrons. The number of ether oxygens (including phenoxy) is 1. The number of hydrogen-bond acceptors (Lipinski definition) is 5. The average Bonchev–Trinajstić information content (AvgIpc) is 3.20. The van der Waals surface area contributed by atoms with Crippen molar-refractivity contribution in [1.82, 2.24) is 9.47 Å². The van der Waals surface area contributed by atoms with Crippen molar-refractivity contribution in [2.75, 3.05) is 19.7 Å². The van der Waals surface area contributed by atoms with Crippen molar-refractivity contribution >= 4 is 44.2 Å². The van der Waals surface area contributed by atoms with E-state index in [0.29, 0.717) is 36.5 Å². The van der Waals surface area contributed by atoms with Gasteiger partial charge in [-0.2, -0.15) is 0 Å². The number of hydrogen-bond donors (Lipinski definition) is 0. The highest BCUT2D eigenvalue weighted by Crippen LogP contribution is 2.32. The molecule has 0 radical (unpaired) electrons. The Bertz CT molecular complexity index is 1150. The second-order valence-electron chi connectivity index (χ2n) is 7.26. The monoisotopic (exact) mass is 412 g/mol. The minimum Gasteiger partial charge on any atom is -0.466 e. The van der Waals surface area contributed by atoms with Crippen molar-refractivity contribution in [3.05, 3.63) is 45.6 Å². The minimum atomic E-state index is -0.278. The van der Waals surface area contributed by atoms with E-state index in [1.54, 1.807) is 22.5 Å². The second-order valence-corrected chi connectivity index (χ2v) is 8.31. The molecule has 1 fully saturated rings. The summed E-state index contributed by atoms with van der Waals surface area (Å²) in [6, 6.07) is 9.52. The molecule has 3 heterocycles. The van der Waals surface area contributed by atoms with E-state index < -0.39 is 0 Å². The molecule has 3 aromatic rings. The van der Waals surface area contributed by atoms with Gasteiger partial charge in [0.05, 0.1) is 28.3 Å². The van der Waals surface area contributed by atoms with Gasteiger partial charge in [0.1, 0.15) is 0 Å². The molecule has 1 saturated heterocycles. The Morgan fingerprint density at radius 2 is 2.00 bits per heavy atom. The van der Waals surface area contributed by atoms with Crippen LogP contribution in [0.15, 0.2) is 35.1 Å². The molecule has 1 aromatic carbocycles. The summed E-state index contributed by atoms with van der Waals surface area (Å²) >= 11 is 1.36. The van der Waals surface area contributed by atoms with Crippen molar-refractivity contribution in [3.8, 4) is 0 Å². The highest BCUT2D eigenvalue weighted by atomic mass is 32.1. The van der Waals surface area contributed by atoms with Crippen molar-refractivity contribution in [2.45, 2.75) is 33.2 Å². The normalized spacial score (nSPS) is 17.0. The molecule has 7 heteroatoms. The van der Waals surface area contributed by atoms with Crippen molar-refractivity contribution in [2.24, 2.45) is 5.92 Å². The summed E-state index contributed by atoms with van der Waals surface area (Å²) in [7, 11) is 0. The largest absolute Gasteiger partial charge is 0.466 e. The molecule has 0 aliphatic carbocycles. The number of carbonyl (C=O) groups excluding carboxylic acids is 2. The molecule has 0 bridgehead atoms. The third kappa shape index (κ3) is 3.44. The zero-order valence-corrected chi connectivity index (χ0v) is 17.5. The van der Waals surface area contributed by atoms with Gasteiger partial charge in [0.15, 0.2) is 0 Å². The molecule has 6 nitrogen and oxygen atoms in total. The standard InChI is InChI=1S/C22H24N2O4S/c1-3-24-17-10-6-5-9-15(17)19-16(20(24)25)12-18(29-19)21(26)23-11-7-8-14(13-23)22(27)28-4-2/h5-6,9-10,12,14H,3-4,7-8,11,13H2,1-2H3/t14-/m1/s1. The van der Waals surface area contributed by atoms with Crippen LogP contribution < -0.4 is 5.56 Å². The van der Waals surface area contributed by atoms with Gasteiger partial charge in [-0.05, 0) is 38.8 Å². The first-order valence-electron chi connectivity index (χ1n) is 10.1. The lowest BCUT2D eigenvalue weighted by Crippen LogP contribution is -2.42. The summed E-state index contributed by atoms with van der Waals surface area (Å²) in [5.41, 5.74) is 0.813. The maximum Gasteiger partial charge on any atom is 0.310 e. The topological polar surface area (TPSA) is 68.6 Å². The molecule has 29 heavy (non-hydrogen) atoms. The molecule has 1 aliphatic heterocycles. The van der Waals surface area contributed by atoms with E-state index in [1.165, 1.54) is 11.3 Å².